The maximum atomic E-state index is 6.13. The van der Waals surface area contributed by atoms with Crippen molar-refractivity contribution in [1.29, 1.82) is 0 Å². The van der Waals surface area contributed by atoms with Gasteiger partial charge >= 0.3 is 0 Å². The lowest BCUT2D eigenvalue weighted by molar-refractivity contribution is 0.0922. The van der Waals surface area contributed by atoms with Crippen molar-refractivity contribution >= 4 is 0 Å². The Morgan fingerprint density at radius 3 is 2.73 bits per heavy atom. The Bertz CT molecular complexity index is 195. The van der Waals surface area contributed by atoms with Crippen LogP contribution in [-0.4, -0.2) is 30.1 Å². The molecule has 0 aromatic heterocycles. The topological polar surface area (TPSA) is 29.3 Å². The highest BCUT2D eigenvalue weighted by Gasteiger charge is 2.34. The van der Waals surface area contributed by atoms with Crippen LogP contribution in [0.1, 0.15) is 46.0 Å². The molecule has 0 amide bonds. The molecule has 0 bridgehead atoms. The maximum absolute atomic E-state index is 6.13. The Hall–Kier alpha value is -0.0800. The first-order valence-corrected chi connectivity index (χ1v) is 6.70. The van der Waals surface area contributed by atoms with Gasteiger partial charge in [-0.25, -0.2) is 0 Å². The SMILES string of the molecule is CCC1CCCC1N1CC(C)CC(N)C1. The zero-order valence-electron chi connectivity index (χ0n) is 10.3. The predicted octanol–water partition coefficient (Wildman–Crippen LogP) is 2.23. The average molecular weight is 210 g/mol. The van der Waals surface area contributed by atoms with Gasteiger partial charge in [-0.05, 0) is 31.1 Å². The highest BCUT2D eigenvalue weighted by atomic mass is 15.2. The number of nitrogens with two attached hydrogens (primary N) is 1. The molecule has 2 heteroatoms. The van der Waals surface area contributed by atoms with E-state index in [1.165, 1.54) is 38.6 Å². The summed E-state index contributed by atoms with van der Waals surface area (Å²) >= 11 is 0. The molecule has 1 saturated heterocycles. The Kier molecular flexibility index (Phi) is 3.68. The van der Waals surface area contributed by atoms with E-state index in [0.29, 0.717) is 6.04 Å². The number of hydrogen-bond acceptors (Lipinski definition) is 2. The predicted molar refractivity (Wildman–Crippen MR) is 64.7 cm³/mol. The minimum absolute atomic E-state index is 0.423. The fourth-order valence-electron chi connectivity index (χ4n) is 3.69. The van der Waals surface area contributed by atoms with Crippen LogP contribution in [0, 0.1) is 11.8 Å². The number of likely N-dealkylation sites (tertiary alicyclic amines) is 1. The number of piperidine rings is 1. The van der Waals surface area contributed by atoms with Gasteiger partial charge in [-0.15, -0.1) is 0 Å². The minimum Gasteiger partial charge on any atom is -0.327 e. The molecule has 1 aliphatic carbocycles. The molecule has 0 aromatic carbocycles. The second kappa shape index (κ2) is 4.84. The van der Waals surface area contributed by atoms with Crippen molar-refractivity contribution in [3.8, 4) is 0 Å². The lowest BCUT2D eigenvalue weighted by atomic mass is 9.91. The van der Waals surface area contributed by atoms with E-state index in [0.717, 1.165) is 24.4 Å². The van der Waals surface area contributed by atoms with E-state index in [2.05, 4.69) is 18.7 Å². The van der Waals surface area contributed by atoms with Crippen LogP contribution in [0.3, 0.4) is 0 Å². The molecule has 2 rings (SSSR count). The Morgan fingerprint density at radius 2 is 2.07 bits per heavy atom. The third-order valence-corrected chi connectivity index (χ3v) is 4.33. The lowest BCUT2D eigenvalue weighted by Gasteiger charge is -2.40. The van der Waals surface area contributed by atoms with E-state index < -0.39 is 0 Å². The van der Waals surface area contributed by atoms with Crippen LogP contribution in [0.5, 0.6) is 0 Å². The average Bonchev–Trinajstić information content (AvgIpc) is 2.63. The highest BCUT2D eigenvalue weighted by Crippen LogP contribution is 2.34. The van der Waals surface area contributed by atoms with Crippen molar-refractivity contribution in [2.75, 3.05) is 13.1 Å². The second-order valence-corrected chi connectivity index (χ2v) is 5.72. The van der Waals surface area contributed by atoms with Crippen molar-refractivity contribution in [2.24, 2.45) is 17.6 Å². The van der Waals surface area contributed by atoms with E-state index in [-0.39, 0.29) is 0 Å². The van der Waals surface area contributed by atoms with Gasteiger partial charge in [-0.1, -0.05) is 26.7 Å². The van der Waals surface area contributed by atoms with Crippen LogP contribution in [0.4, 0.5) is 0 Å². The molecule has 2 fully saturated rings. The highest BCUT2D eigenvalue weighted by molar-refractivity contribution is 4.89. The fourth-order valence-corrected chi connectivity index (χ4v) is 3.69. The minimum atomic E-state index is 0.423. The van der Waals surface area contributed by atoms with Crippen LogP contribution in [0.25, 0.3) is 0 Å². The molecular weight excluding hydrogens is 184 g/mol. The fraction of sp³-hybridized carbons (Fsp3) is 1.00. The molecule has 1 aliphatic heterocycles. The third kappa shape index (κ3) is 2.54. The largest absolute Gasteiger partial charge is 0.327 e. The Morgan fingerprint density at radius 1 is 1.27 bits per heavy atom. The Balaban J connectivity index is 1.96. The summed E-state index contributed by atoms with van der Waals surface area (Å²) in [6.07, 6.45) is 6.87. The molecular formula is C13H26N2. The monoisotopic (exact) mass is 210 g/mol. The van der Waals surface area contributed by atoms with Crippen LogP contribution in [0.2, 0.25) is 0 Å². The van der Waals surface area contributed by atoms with Crippen molar-refractivity contribution in [1.82, 2.24) is 4.90 Å². The first kappa shape index (κ1) is 11.4. The molecule has 1 saturated carbocycles. The number of nitrogens with zero attached hydrogens (tertiary/aromatic N) is 1. The number of rotatable bonds is 2. The van der Waals surface area contributed by atoms with Gasteiger partial charge < -0.3 is 5.73 Å². The second-order valence-electron chi connectivity index (χ2n) is 5.72. The van der Waals surface area contributed by atoms with Crippen molar-refractivity contribution in [3.05, 3.63) is 0 Å². The van der Waals surface area contributed by atoms with E-state index in [1.54, 1.807) is 0 Å². The summed E-state index contributed by atoms with van der Waals surface area (Å²) in [4.78, 5) is 2.69. The van der Waals surface area contributed by atoms with Gasteiger partial charge in [-0.3, -0.25) is 4.90 Å². The molecule has 0 radical (unpaired) electrons. The smallest absolute Gasteiger partial charge is 0.0170 e. The summed E-state index contributed by atoms with van der Waals surface area (Å²) in [5.74, 6) is 1.74. The normalized spacial score (nSPS) is 43.4. The molecule has 2 aliphatic rings. The van der Waals surface area contributed by atoms with E-state index in [9.17, 15) is 0 Å². The van der Waals surface area contributed by atoms with E-state index in [1.807, 2.05) is 0 Å². The van der Waals surface area contributed by atoms with Gasteiger partial charge in [0.05, 0.1) is 0 Å². The third-order valence-electron chi connectivity index (χ3n) is 4.33. The van der Waals surface area contributed by atoms with Crippen LogP contribution < -0.4 is 5.73 Å². The molecule has 1 heterocycles. The molecule has 4 unspecified atom stereocenters. The molecule has 4 atom stereocenters. The van der Waals surface area contributed by atoms with E-state index >= 15 is 0 Å². The maximum Gasteiger partial charge on any atom is 0.0170 e. The van der Waals surface area contributed by atoms with Gasteiger partial charge in [0, 0.05) is 25.2 Å². The molecule has 0 aromatic rings. The first-order valence-electron chi connectivity index (χ1n) is 6.70. The summed E-state index contributed by atoms with van der Waals surface area (Å²) in [5, 5.41) is 0. The first-order chi connectivity index (χ1) is 7.20. The van der Waals surface area contributed by atoms with Gasteiger partial charge in [0.15, 0.2) is 0 Å². The van der Waals surface area contributed by atoms with Crippen LogP contribution in [0.15, 0.2) is 0 Å². The standard InChI is InChI=1S/C13H26N2/c1-3-11-5-4-6-13(11)15-8-10(2)7-12(14)9-15/h10-13H,3-9,14H2,1-2H3. The lowest BCUT2D eigenvalue weighted by Crippen LogP contribution is -2.51. The van der Waals surface area contributed by atoms with E-state index in [4.69, 9.17) is 5.73 Å². The summed E-state index contributed by atoms with van der Waals surface area (Å²) < 4.78 is 0. The van der Waals surface area contributed by atoms with Gasteiger partial charge in [0.1, 0.15) is 0 Å². The van der Waals surface area contributed by atoms with Crippen LogP contribution in [-0.2, 0) is 0 Å². The molecule has 0 spiro atoms. The molecule has 2 nitrogen and oxygen atoms in total. The zero-order chi connectivity index (χ0) is 10.8. The van der Waals surface area contributed by atoms with Crippen molar-refractivity contribution in [3.63, 3.8) is 0 Å². The molecule has 88 valence electrons. The number of hydrogen-bond donors (Lipinski definition) is 1. The summed E-state index contributed by atoms with van der Waals surface area (Å²) in [7, 11) is 0. The quantitative estimate of drug-likeness (QED) is 0.757. The summed E-state index contributed by atoms with van der Waals surface area (Å²) in [6.45, 7) is 7.12. The van der Waals surface area contributed by atoms with Crippen LogP contribution >= 0.6 is 0 Å². The Labute approximate surface area is 94.2 Å². The van der Waals surface area contributed by atoms with Gasteiger partial charge in [0.25, 0.3) is 0 Å². The summed E-state index contributed by atoms with van der Waals surface area (Å²) in [6, 6.07) is 1.27. The summed E-state index contributed by atoms with van der Waals surface area (Å²) in [5.41, 5.74) is 6.13. The van der Waals surface area contributed by atoms with Crippen molar-refractivity contribution in [2.45, 2.75) is 58.0 Å². The van der Waals surface area contributed by atoms with Gasteiger partial charge in [0.2, 0.25) is 0 Å². The molecule has 15 heavy (non-hydrogen) atoms. The zero-order valence-corrected chi connectivity index (χ0v) is 10.3. The molecule has 2 N–H and O–H groups in total. The van der Waals surface area contributed by atoms with Crippen molar-refractivity contribution < 1.29 is 0 Å². The van der Waals surface area contributed by atoms with Gasteiger partial charge in [-0.2, -0.15) is 0 Å².